The van der Waals surface area contributed by atoms with Gasteiger partial charge in [-0.15, -0.1) is 0 Å². The average Bonchev–Trinajstić information content (AvgIpc) is 2.30. The van der Waals surface area contributed by atoms with Crippen molar-refractivity contribution in [3.05, 3.63) is 0 Å². The zero-order valence-electron chi connectivity index (χ0n) is 6.25. The predicted octanol–water partition coefficient (Wildman–Crippen LogP) is -0.591. The fourth-order valence-corrected chi connectivity index (χ4v) is 1.59. The normalized spacial score (nSPS) is 26.0. The number of carbonyl (C=O) groups excluding carboxylic acids is 2. The second-order valence-corrected chi connectivity index (χ2v) is 2.95. The van der Waals surface area contributed by atoms with E-state index < -0.39 is 0 Å². The first-order valence-corrected chi connectivity index (χ1v) is 3.88. The van der Waals surface area contributed by atoms with Crippen LogP contribution in [0.25, 0.3) is 0 Å². The fourth-order valence-electron chi connectivity index (χ4n) is 1.59. The Morgan fingerprint density at radius 1 is 1.09 bits per heavy atom. The van der Waals surface area contributed by atoms with Crippen LogP contribution >= 0.6 is 0 Å². The largest absolute Gasteiger partial charge is 0.305 e. The lowest BCUT2D eigenvalue weighted by Crippen LogP contribution is -2.43. The number of hydrogen-bond acceptors (Lipinski definition) is 3. The molecule has 0 atom stereocenters. The molecule has 60 valence electrons. The van der Waals surface area contributed by atoms with Gasteiger partial charge in [0.2, 0.25) is 5.78 Å². The minimum atomic E-state index is -0.315. The second-order valence-electron chi connectivity index (χ2n) is 2.95. The molecule has 0 aromatic heterocycles. The van der Waals surface area contributed by atoms with E-state index in [1.165, 1.54) is 0 Å². The van der Waals surface area contributed by atoms with E-state index in [1.807, 2.05) is 5.01 Å². The van der Waals surface area contributed by atoms with E-state index in [4.69, 9.17) is 0 Å². The summed E-state index contributed by atoms with van der Waals surface area (Å²) in [4.78, 5) is 22.0. The van der Waals surface area contributed by atoms with Gasteiger partial charge in [0, 0.05) is 13.1 Å². The minimum absolute atomic E-state index is 0.257. The monoisotopic (exact) mass is 154 g/mol. The molecule has 0 aromatic rings. The number of nitrogens with zero attached hydrogens (tertiary/aromatic N) is 2. The summed E-state index contributed by atoms with van der Waals surface area (Å²) in [7, 11) is 0. The summed E-state index contributed by atoms with van der Waals surface area (Å²) in [5.74, 6) is -0.573. The number of hydrazine groups is 1. The first kappa shape index (κ1) is 6.79. The zero-order chi connectivity index (χ0) is 7.84. The highest BCUT2D eigenvalue weighted by atomic mass is 16.2. The van der Waals surface area contributed by atoms with Crippen LogP contribution in [0.15, 0.2) is 0 Å². The maximum atomic E-state index is 11.1. The van der Waals surface area contributed by atoms with Crippen molar-refractivity contribution >= 4 is 11.7 Å². The summed E-state index contributed by atoms with van der Waals surface area (Å²) in [6.07, 6.45) is 2.12. The van der Waals surface area contributed by atoms with Crippen LogP contribution in [0.5, 0.6) is 0 Å². The number of hydrogen-bond donors (Lipinski definition) is 0. The molecule has 2 rings (SSSR count). The molecule has 0 saturated carbocycles. The molecule has 2 saturated heterocycles. The van der Waals surface area contributed by atoms with E-state index in [0.717, 1.165) is 25.9 Å². The minimum Gasteiger partial charge on any atom is -0.287 e. The fraction of sp³-hybridized carbons (Fsp3) is 0.714. The highest BCUT2D eigenvalue weighted by Gasteiger charge is 2.37. The van der Waals surface area contributed by atoms with Gasteiger partial charge < -0.3 is 0 Å². The van der Waals surface area contributed by atoms with E-state index in [-0.39, 0.29) is 11.7 Å². The highest BCUT2D eigenvalue weighted by Crippen LogP contribution is 2.15. The SMILES string of the molecule is O=C1CN2CCCCN2C1=O. The van der Waals surface area contributed by atoms with Crippen molar-refractivity contribution < 1.29 is 9.59 Å². The lowest BCUT2D eigenvalue weighted by Gasteiger charge is -2.30. The van der Waals surface area contributed by atoms with Crippen LogP contribution < -0.4 is 0 Å². The van der Waals surface area contributed by atoms with Gasteiger partial charge in [-0.2, -0.15) is 0 Å². The molecular formula is C7H10N2O2. The molecule has 0 radical (unpaired) electrons. The van der Waals surface area contributed by atoms with Gasteiger partial charge in [0.25, 0.3) is 0 Å². The van der Waals surface area contributed by atoms with E-state index in [2.05, 4.69) is 0 Å². The number of amides is 1. The molecular weight excluding hydrogens is 144 g/mol. The van der Waals surface area contributed by atoms with Gasteiger partial charge in [0.15, 0.2) is 0 Å². The molecule has 0 unspecified atom stereocenters. The molecule has 2 heterocycles. The summed E-state index contributed by atoms with van der Waals surface area (Å²) in [5.41, 5.74) is 0. The summed E-state index contributed by atoms with van der Waals surface area (Å²) in [5, 5.41) is 3.42. The van der Waals surface area contributed by atoms with E-state index >= 15 is 0 Å². The van der Waals surface area contributed by atoms with Crippen LogP contribution in [0.1, 0.15) is 12.8 Å². The molecule has 11 heavy (non-hydrogen) atoms. The second kappa shape index (κ2) is 2.30. The molecule has 0 spiro atoms. The third-order valence-electron chi connectivity index (χ3n) is 2.18. The number of ketones is 1. The Kier molecular flexibility index (Phi) is 1.42. The summed E-state index contributed by atoms with van der Waals surface area (Å²) in [6, 6.07) is 0. The van der Waals surface area contributed by atoms with Gasteiger partial charge in [-0.1, -0.05) is 0 Å². The van der Waals surface area contributed by atoms with Crippen molar-refractivity contribution in [3.63, 3.8) is 0 Å². The van der Waals surface area contributed by atoms with Crippen molar-refractivity contribution in [3.8, 4) is 0 Å². The van der Waals surface area contributed by atoms with E-state index in [9.17, 15) is 9.59 Å². The van der Waals surface area contributed by atoms with Crippen LogP contribution in [0.4, 0.5) is 0 Å². The molecule has 4 nitrogen and oxygen atoms in total. The van der Waals surface area contributed by atoms with Crippen LogP contribution in [-0.4, -0.2) is 41.3 Å². The first-order valence-electron chi connectivity index (χ1n) is 3.88. The maximum absolute atomic E-state index is 11.1. The molecule has 2 fully saturated rings. The quantitative estimate of drug-likeness (QED) is 0.438. The molecule has 2 aliphatic rings. The van der Waals surface area contributed by atoms with Gasteiger partial charge in [0.05, 0.1) is 6.54 Å². The third-order valence-corrected chi connectivity index (χ3v) is 2.18. The van der Waals surface area contributed by atoms with Crippen LogP contribution in [0, 0.1) is 0 Å². The Morgan fingerprint density at radius 2 is 1.82 bits per heavy atom. The summed E-state index contributed by atoms with van der Waals surface area (Å²) < 4.78 is 0. The maximum Gasteiger partial charge on any atom is 0.305 e. The average molecular weight is 154 g/mol. The van der Waals surface area contributed by atoms with E-state index in [1.54, 1.807) is 5.01 Å². The Hall–Kier alpha value is -0.900. The lowest BCUT2D eigenvalue weighted by atomic mass is 10.2. The Labute approximate surface area is 64.7 Å². The standard InChI is InChI=1S/C7H10N2O2/c10-6-5-8-3-1-2-4-9(8)7(6)11/h1-5H2. The first-order chi connectivity index (χ1) is 5.29. The van der Waals surface area contributed by atoms with Gasteiger partial charge in [-0.05, 0) is 12.8 Å². The Bertz CT molecular complexity index is 214. The molecule has 1 amide bonds. The molecule has 4 heteroatoms. The summed E-state index contributed by atoms with van der Waals surface area (Å²) in [6.45, 7) is 1.89. The van der Waals surface area contributed by atoms with Crippen molar-refractivity contribution in [2.75, 3.05) is 19.6 Å². The molecule has 0 aromatic carbocycles. The Morgan fingerprint density at radius 3 is 2.55 bits per heavy atom. The van der Waals surface area contributed by atoms with Crippen molar-refractivity contribution in [2.24, 2.45) is 0 Å². The van der Waals surface area contributed by atoms with E-state index in [0.29, 0.717) is 6.54 Å². The highest BCUT2D eigenvalue weighted by molar-refractivity contribution is 6.38. The smallest absolute Gasteiger partial charge is 0.287 e. The summed E-state index contributed by atoms with van der Waals surface area (Å²) >= 11 is 0. The number of carbonyl (C=O) groups is 2. The van der Waals surface area contributed by atoms with Crippen molar-refractivity contribution in [1.29, 1.82) is 0 Å². The lowest BCUT2D eigenvalue weighted by molar-refractivity contribution is -0.145. The van der Waals surface area contributed by atoms with Gasteiger partial charge in [-0.3, -0.25) is 14.6 Å². The molecule has 0 N–H and O–H groups in total. The van der Waals surface area contributed by atoms with Gasteiger partial charge in [-0.25, -0.2) is 5.01 Å². The van der Waals surface area contributed by atoms with Crippen molar-refractivity contribution in [1.82, 2.24) is 10.0 Å². The van der Waals surface area contributed by atoms with Gasteiger partial charge >= 0.3 is 5.91 Å². The number of Topliss-reactive ketones (excluding diaryl/α,β-unsaturated/α-hetero) is 1. The Balaban J connectivity index is 2.18. The zero-order valence-corrected chi connectivity index (χ0v) is 6.25. The van der Waals surface area contributed by atoms with Crippen LogP contribution in [-0.2, 0) is 9.59 Å². The van der Waals surface area contributed by atoms with Crippen LogP contribution in [0.3, 0.4) is 0 Å². The molecule has 0 aliphatic carbocycles. The van der Waals surface area contributed by atoms with Crippen LogP contribution in [0.2, 0.25) is 0 Å². The predicted molar refractivity (Wildman–Crippen MR) is 37.5 cm³/mol. The number of fused-ring (bicyclic) bond motifs is 1. The van der Waals surface area contributed by atoms with Gasteiger partial charge in [0.1, 0.15) is 0 Å². The third kappa shape index (κ3) is 0.939. The molecule has 2 aliphatic heterocycles. The molecule has 0 bridgehead atoms. The van der Waals surface area contributed by atoms with Crippen molar-refractivity contribution in [2.45, 2.75) is 12.8 Å². The number of rotatable bonds is 0. The topological polar surface area (TPSA) is 40.6 Å².